The standard InChI is InChI=1S/C19H24F3N5OS/c1-13(2)27-12-23-25-18(27)29-11-17(28)24-16-7-8-26(10-16)9-14-3-5-15(6-4-14)19(20,21)22/h3-6,12-13,16H,7-11H2,1-2H3,(H,24,28). The first-order valence-corrected chi connectivity index (χ1v) is 10.4. The van der Waals surface area contributed by atoms with Gasteiger partial charge in [0.25, 0.3) is 0 Å². The number of nitrogens with one attached hydrogen (secondary N) is 1. The summed E-state index contributed by atoms with van der Waals surface area (Å²) in [4.78, 5) is 14.4. The van der Waals surface area contributed by atoms with Crippen LogP contribution in [0.2, 0.25) is 0 Å². The first kappa shape index (κ1) is 21.6. The van der Waals surface area contributed by atoms with E-state index in [0.717, 1.165) is 30.7 Å². The molecule has 3 rings (SSSR count). The quantitative estimate of drug-likeness (QED) is 0.687. The SMILES string of the molecule is CC(C)n1cnnc1SCC(=O)NC1CCN(Cc2ccc(C(F)(F)F)cc2)C1. The zero-order valence-electron chi connectivity index (χ0n) is 16.3. The summed E-state index contributed by atoms with van der Waals surface area (Å²) in [7, 11) is 0. The van der Waals surface area contributed by atoms with Gasteiger partial charge in [0, 0.05) is 31.7 Å². The van der Waals surface area contributed by atoms with Gasteiger partial charge in [-0.3, -0.25) is 9.69 Å². The van der Waals surface area contributed by atoms with Gasteiger partial charge >= 0.3 is 6.18 Å². The predicted octanol–water partition coefficient (Wildman–Crippen LogP) is 3.36. The molecule has 1 aromatic heterocycles. The van der Waals surface area contributed by atoms with Gasteiger partial charge in [0.1, 0.15) is 6.33 Å². The number of alkyl halides is 3. The maximum Gasteiger partial charge on any atom is 0.416 e. The first-order valence-electron chi connectivity index (χ1n) is 9.42. The average Bonchev–Trinajstić information content (AvgIpc) is 3.29. The molecule has 1 N–H and O–H groups in total. The van der Waals surface area contributed by atoms with E-state index in [1.54, 1.807) is 6.33 Å². The number of hydrogen-bond acceptors (Lipinski definition) is 5. The number of halogens is 3. The van der Waals surface area contributed by atoms with E-state index >= 15 is 0 Å². The van der Waals surface area contributed by atoms with Crippen LogP contribution in [0, 0.1) is 0 Å². The van der Waals surface area contributed by atoms with Crippen LogP contribution in [-0.2, 0) is 17.5 Å². The lowest BCUT2D eigenvalue weighted by Crippen LogP contribution is -2.38. The molecule has 1 aliphatic heterocycles. The monoisotopic (exact) mass is 427 g/mol. The molecule has 1 unspecified atom stereocenters. The number of hydrogen-bond donors (Lipinski definition) is 1. The van der Waals surface area contributed by atoms with E-state index in [1.165, 1.54) is 23.9 Å². The summed E-state index contributed by atoms with van der Waals surface area (Å²) in [6.45, 7) is 6.09. The number of aromatic nitrogens is 3. The summed E-state index contributed by atoms with van der Waals surface area (Å²) >= 11 is 1.35. The predicted molar refractivity (Wildman–Crippen MR) is 104 cm³/mol. The zero-order valence-corrected chi connectivity index (χ0v) is 17.1. The molecule has 6 nitrogen and oxygen atoms in total. The second kappa shape index (κ2) is 9.17. The van der Waals surface area contributed by atoms with Crippen LogP contribution in [0.1, 0.15) is 37.4 Å². The molecule has 10 heteroatoms. The molecule has 0 bridgehead atoms. The summed E-state index contributed by atoms with van der Waals surface area (Å²) in [6, 6.07) is 5.51. The van der Waals surface area contributed by atoms with E-state index in [4.69, 9.17) is 0 Å². The molecule has 2 heterocycles. The summed E-state index contributed by atoms with van der Waals surface area (Å²) in [5.41, 5.74) is 0.187. The Morgan fingerprint density at radius 1 is 1.31 bits per heavy atom. The number of rotatable bonds is 7. The first-order chi connectivity index (χ1) is 13.7. The maximum absolute atomic E-state index is 12.7. The fourth-order valence-electron chi connectivity index (χ4n) is 3.24. The van der Waals surface area contributed by atoms with Gasteiger partial charge in [-0.2, -0.15) is 13.2 Å². The number of amides is 1. The number of carbonyl (C=O) groups is 1. The smallest absolute Gasteiger partial charge is 0.351 e. The molecule has 1 aromatic carbocycles. The van der Waals surface area contributed by atoms with Gasteiger partial charge < -0.3 is 9.88 Å². The van der Waals surface area contributed by atoms with Crippen molar-refractivity contribution in [3.8, 4) is 0 Å². The zero-order chi connectivity index (χ0) is 21.0. The molecule has 2 aromatic rings. The molecule has 0 spiro atoms. The van der Waals surface area contributed by atoms with E-state index in [1.807, 2.05) is 18.4 Å². The van der Waals surface area contributed by atoms with Gasteiger partial charge in [0.2, 0.25) is 5.91 Å². The highest BCUT2D eigenvalue weighted by atomic mass is 32.2. The summed E-state index contributed by atoms with van der Waals surface area (Å²) in [5.74, 6) is 0.204. The molecular formula is C19H24F3N5OS. The number of likely N-dealkylation sites (tertiary alicyclic amines) is 1. The number of benzene rings is 1. The molecule has 1 aliphatic rings. The molecule has 1 amide bonds. The molecule has 158 valence electrons. The van der Waals surface area contributed by atoms with Crippen molar-refractivity contribution in [3.05, 3.63) is 41.7 Å². The minimum atomic E-state index is -4.32. The van der Waals surface area contributed by atoms with Crippen molar-refractivity contribution < 1.29 is 18.0 Å². The lowest BCUT2D eigenvalue weighted by Gasteiger charge is -2.17. The average molecular weight is 427 g/mol. The van der Waals surface area contributed by atoms with E-state index < -0.39 is 11.7 Å². The third kappa shape index (κ3) is 5.96. The molecule has 0 aliphatic carbocycles. The topological polar surface area (TPSA) is 63.1 Å². The second-order valence-corrected chi connectivity index (χ2v) is 8.33. The van der Waals surface area contributed by atoms with Crippen molar-refractivity contribution >= 4 is 17.7 Å². The Labute approximate surface area is 171 Å². The van der Waals surface area contributed by atoms with Gasteiger partial charge in [-0.1, -0.05) is 23.9 Å². The van der Waals surface area contributed by atoms with Crippen LogP contribution in [-0.4, -0.2) is 50.5 Å². The summed E-state index contributed by atoms with van der Waals surface area (Å²) < 4.78 is 39.9. The van der Waals surface area contributed by atoms with Crippen molar-refractivity contribution in [1.29, 1.82) is 0 Å². The number of carbonyl (C=O) groups excluding carboxylic acids is 1. The van der Waals surface area contributed by atoms with Crippen molar-refractivity contribution in [3.63, 3.8) is 0 Å². The van der Waals surface area contributed by atoms with Gasteiger partial charge in [-0.25, -0.2) is 0 Å². The van der Waals surface area contributed by atoms with Crippen LogP contribution in [0.3, 0.4) is 0 Å². The Morgan fingerprint density at radius 2 is 2.03 bits per heavy atom. The van der Waals surface area contributed by atoms with Crippen molar-refractivity contribution in [2.45, 2.75) is 50.2 Å². The van der Waals surface area contributed by atoms with Gasteiger partial charge in [-0.15, -0.1) is 10.2 Å². The lowest BCUT2D eigenvalue weighted by atomic mass is 10.1. The van der Waals surface area contributed by atoms with Crippen molar-refractivity contribution in [2.24, 2.45) is 0 Å². The van der Waals surface area contributed by atoms with E-state index in [0.29, 0.717) is 18.2 Å². The third-order valence-corrected chi connectivity index (χ3v) is 5.71. The Hall–Kier alpha value is -2.07. The normalized spacial score (nSPS) is 17.8. The Kier molecular flexibility index (Phi) is 6.84. The van der Waals surface area contributed by atoms with E-state index in [-0.39, 0.29) is 23.7 Å². The highest BCUT2D eigenvalue weighted by Gasteiger charge is 2.30. The van der Waals surface area contributed by atoms with E-state index in [2.05, 4.69) is 20.4 Å². The Balaban J connectivity index is 1.43. The molecule has 0 radical (unpaired) electrons. The fraction of sp³-hybridized carbons (Fsp3) is 0.526. The van der Waals surface area contributed by atoms with Crippen molar-refractivity contribution in [1.82, 2.24) is 25.0 Å². The summed E-state index contributed by atoms with van der Waals surface area (Å²) in [6.07, 6.45) is -1.85. The van der Waals surface area contributed by atoms with Gasteiger partial charge in [-0.05, 0) is 38.0 Å². The van der Waals surface area contributed by atoms with Crippen LogP contribution in [0.5, 0.6) is 0 Å². The van der Waals surface area contributed by atoms with Crippen LogP contribution in [0.15, 0.2) is 35.7 Å². The Morgan fingerprint density at radius 3 is 2.69 bits per heavy atom. The second-order valence-electron chi connectivity index (χ2n) is 7.39. The molecule has 0 saturated carbocycles. The van der Waals surface area contributed by atoms with Crippen LogP contribution >= 0.6 is 11.8 Å². The van der Waals surface area contributed by atoms with Crippen LogP contribution in [0.4, 0.5) is 13.2 Å². The molecule has 1 atom stereocenters. The highest BCUT2D eigenvalue weighted by molar-refractivity contribution is 7.99. The fourth-order valence-corrected chi connectivity index (χ4v) is 4.10. The minimum Gasteiger partial charge on any atom is -0.351 e. The molecular weight excluding hydrogens is 403 g/mol. The lowest BCUT2D eigenvalue weighted by molar-refractivity contribution is -0.137. The third-order valence-electron chi connectivity index (χ3n) is 4.75. The van der Waals surface area contributed by atoms with Gasteiger partial charge in [0.05, 0.1) is 11.3 Å². The van der Waals surface area contributed by atoms with Crippen LogP contribution in [0.25, 0.3) is 0 Å². The van der Waals surface area contributed by atoms with Crippen LogP contribution < -0.4 is 5.32 Å². The number of thioether (sulfide) groups is 1. The highest BCUT2D eigenvalue weighted by Crippen LogP contribution is 2.29. The maximum atomic E-state index is 12.7. The molecule has 1 saturated heterocycles. The molecule has 29 heavy (non-hydrogen) atoms. The minimum absolute atomic E-state index is 0.0421. The summed E-state index contributed by atoms with van der Waals surface area (Å²) in [5, 5.41) is 11.7. The Bertz CT molecular complexity index is 822. The van der Waals surface area contributed by atoms with Crippen molar-refractivity contribution in [2.75, 3.05) is 18.8 Å². The van der Waals surface area contributed by atoms with E-state index in [9.17, 15) is 18.0 Å². The van der Waals surface area contributed by atoms with Gasteiger partial charge in [0.15, 0.2) is 5.16 Å². The number of nitrogens with zero attached hydrogens (tertiary/aromatic N) is 4. The molecule has 1 fully saturated rings. The largest absolute Gasteiger partial charge is 0.416 e.